The molecule has 2 rings (SSSR count). The summed E-state index contributed by atoms with van der Waals surface area (Å²) >= 11 is 0. The van der Waals surface area contributed by atoms with E-state index < -0.39 is 11.9 Å². The minimum atomic E-state index is -1.24. The molecule has 0 saturated heterocycles. The first-order chi connectivity index (χ1) is 8.58. The van der Waals surface area contributed by atoms with Crippen LogP contribution in [0.2, 0.25) is 0 Å². The third kappa shape index (κ3) is 2.40. The summed E-state index contributed by atoms with van der Waals surface area (Å²) < 4.78 is 1.56. The minimum Gasteiger partial charge on any atom is -0.478 e. The Morgan fingerprint density at radius 3 is 1.89 bits per heavy atom. The summed E-state index contributed by atoms with van der Waals surface area (Å²) in [5.74, 6) is -2.47. The molecule has 0 aliphatic carbocycles. The highest BCUT2D eigenvalue weighted by Gasteiger charge is 2.18. The van der Waals surface area contributed by atoms with E-state index in [1.54, 1.807) is 4.57 Å². The lowest BCUT2D eigenvalue weighted by Gasteiger charge is -2.01. The van der Waals surface area contributed by atoms with Gasteiger partial charge in [0, 0.05) is 18.9 Å². The summed E-state index contributed by atoms with van der Waals surface area (Å²) in [7, 11) is 0. The zero-order chi connectivity index (χ0) is 13.1. The molecule has 5 heteroatoms. The minimum absolute atomic E-state index is 0.196. The fraction of sp³-hybridized carbons (Fsp3) is 0.0769. The predicted molar refractivity (Wildman–Crippen MR) is 63.9 cm³/mol. The molecule has 92 valence electrons. The van der Waals surface area contributed by atoms with Gasteiger partial charge in [0.1, 0.15) is 0 Å². The molecule has 0 bridgehead atoms. The lowest BCUT2D eigenvalue weighted by Crippen LogP contribution is -2.03. The number of carboxylic acid groups (broad SMARTS) is 2. The fourth-order valence-electron chi connectivity index (χ4n) is 1.73. The molecule has 0 spiro atoms. The van der Waals surface area contributed by atoms with E-state index in [9.17, 15) is 9.59 Å². The number of nitrogens with zero attached hydrogens (tertiary/aromatic N) is 1. The number of carbonyl (C=O) groups is 2. The van der Waals surface area contributed by atoms with Gasteiger partial charge in [0.15, 0.2) is 0 Å². The molecule has 2 N–H and O–H groups in total. The number of hydrogen-bond donors (Lipinski definition) is 2. The van der Waals surface area contributed by atoms with Gasteiger partial charge in [-0.25, -0.2) is 9.59 Å². The average molecular weight is 245 g/mol. The van der Waals surface area contributed by atoms with Crippen molar-refractivity contribution < 1.29 is 19.8 Å². The first-order valence-corrected chi connectivity index (χ1v) is 5.28. The van der Waals surface area contributed by atoms with Crippen molar-refractivity contribution in [2.24, 2.45) is 0 Å². The number of carboxylic acids is 2. The van der Waals surface area contributed by atoms with Gasteiger partial charge in [-0.1, -0.05) is 30.3 Å². The van der Waals surface area contributed by atoms with Crippen LogP contribution in [0.25, 0.3) is 0 Å². The zero-order valence-electron chi connectivity index (χ0n) is 9.41. The van der Waals surface area contributed by atoms with Crippen molar-refractivity contribution in [1.82, 2.24) is 4.57 Å². The molecule has 0 radical (unpaired) electrons. The SMILES string of the molecule is O=C(O)c1cn(Cc2ccccc2)cc1C(=O)O. The highest BCUT2D eigenvalue weighted by atomic mass is 16.4. The van der Waals surface area contributed by atoms with Crippen LogP contribution in [0.1, 0.15) is 26.3 Å². The van der Waals surface area contributed by atoms with Gasteiger partial charge in [0.05, 0.1) is 11.1 Å². The molecule has 0 unspecified atom stereocenters. The molecule has 2 aromatic rings. The Kier molecular flexibility index (Phi) is 3.14. The Morgan fingerprint density at radius 1 is 0.944 bits per heavy atom. The smallest absolute Gasteiger partial charge is 0.338 e. The maximum atomic E-state index is 10.9. The second-order valence-electron chi connectivity index (χ2n) is 3.85. The normalized spacial score (nSPS) is 10.2. The van der Waals surface area contributed by atoms with Crippen LogP contribution >= 0.6 is 0 Å². The third-order valence-corrected chi connectivity index (χ3v) is 2.55. The summed E-state index contributed by atoms with van der Waals surface area (Å²) in [4.78, 5) is 21.8. The van der Waals surface area contributed by atoms with Crippen molar-refractivity contribution >= 4 is 11.9 Å². The predicted octanol–water partition coefficient (Wildman–Crippen LogP) is 1.93. The van der Waals surface area contributed by atoms with E-state index in [1.807, 2.05) is 30.3 Å². The Labute approximate surface area is 103 Å². The molecule has 1 aromatic carbocycles. The molecular weight excluding hydrogens is 234 g/mol. The largest absolute Gasteiger partial charge is 0.478 e. The van der Waals surface area contributed by atoms with Crippen molar-refractivity contribution in [3.05, 3.63) is 59.4 Å². The van der Waals surface area contributed by atoms with Crippen molar-refractivity contribution in [1.29, 1.82) is 0 Å². The van der Waals surface area contributed by atoms with E-state index in [1.165, 1.54) is 12.4 Å². The van der Waals surface area contributed by atoms with Crippen molar-refractivity contribution in [2.45, 2.75) is 6.54 Å². The van der Waals surface area contributed by atoms with Gasteiger partial charge in [-0.05, 0) is 5.56 Å². The third-order valence-electron chi connectivity index (χ3n) is 2.55. The number of benzene rings is 1. The average Bonchev–Trinajstić information content (AvgIpc) is 2.74. The summed E-state index contributed by atoms with van der Waals surface area (Å²) in [5.41, 5.74) is 0.582. The van der Waals surface area contributed by atoms with Gasteiger partial charge >= 0.3 is 11.9 Å². The van der Waals surface area contributed by atoms with Gasteiger partial charge in [-0.2, -0.15) is 0 Å². The Morgan fingerprint density at radius 2 is 1.44 bits per heavy atom. The number of aromatic nitrogens is 1. The topological polar surface area (TPSA) is 79.5 Å². The quantitative estimate of drug-likeness (QED) is 0.862. The number of hydrogen-bond acceptors (Lipinski definition) is 2. The van der Waals surface area contributed by atoms with Crippen LogP contribution in [0.3, 0.4) is 0 Å². The summed E-state index contributed by atoms with van der Waals surface area (Å²) in [6.07, 6.45) is 2.66. The number of rotatable bonds is 4. The van der Waals surface area contributed by atoms with Crippen LogP contribution in [-0.4, -0.2) is 26.7 Å². The monoisotopic (exact) mass is 245 g/mol. The van der Waals surface area contributed by atoms with Gasteiger partial charge in [-0.3, -0.25) is 0 Å². The van der Waals surface area contributed by atoms with Crippen LogP contribution < -0.4 is 0 Å². The molecule has 1 heterocycles. The fourth-order valence-corrected chi connectivity index (χ4v) is 1.73. The lowest BCUT2D eigenvalue weighted by atomic mass is 10.2. The van der Waals surface area contributed by atoms with E-state index in [2.05, 4.69) is 0 Å². The van der Waals surface area contributed by atoms with E-state index in [0.29, 0.717) is 6.54 Å². The molecular formula is C13H11NO4. The second kappa shape index (κ2) is 4.75. The van der Waals surface area contributed by atoms with Gasteiger partial charge < -0.3 is 14.8 Å². The van der Waals surface area contributed by atoms with E-state index in [-0.39, 0.29) is 11.1 Å². The van der Waals surface area contributed by atoms with Gasteiger partial charge in [0.25, 0.3) is 0 Å². The Balaban J connectivity index is 2.33. The summed E-state index contributed by atoms with van der Waals surface area (Å²) in [5, 5.41) is 17.8. The first-order valence-electron chi connectivity index (χ1n) is 5.28. The van der Waals surface area contributed by atoms with Crippen LogP contribution in [0, 0.1) is 0 Å². The zero-order valence-corrected chi connectivity index (χ0v) is 9.41. The molecule has 5 nitrogen and oxygen atoms in total. The highest BCUT2D eigenvalue weighted by molar-refractivity contribution is 6.01. The van der Waals surface area contributed by atoms with Crippen LogP contribution in [0.4, 0.5) is 0 Å². The molecule has 0 saturated carbocycles. The molecule has 0 atom stereocenters. The molecule has 18 heavy (non-hydrogen) atoms. The lowest BCUT2D eigenvalue weighted by molar-refractivity contribution is 0.0653. The van der Waals surface area contributed by atoms with E-state index in [4.69, 9.17) is 10.2 Å². The second-order valence-corrected chi connectivity index (χ2v) is 3.85. The van der Waals surface area contributed by atoms with Gasteiger partial charge in [0.2, 0.25) is 0 Å². The van der Waals surface area contributed by atoms with Gasteiger partial charge in [-0.15, -0.1) is 0 Å². The summed E-state index contributed by atoms with van der Waals surface area (Å²) in [6.45, 7) is 0.439. The van der Waals surface area contributed by atoms with E-state index >= 15 is 0 Å². The van der Waals surface area contributed by atoms with Crippen LogP contribution in [0.15, 0.2) is 42.7 Å². The van der Waals surface area contributed by atoms with Crippen molar-refractivity contribution in [3.8, 4) is 0 Å². The van der Waals surface area contributed by atoms with Crippen LogP contribution in [-0.2, 0) is 6.54 Å². The highest BCUT2D eigenvalue weighted by Crippen LogP contribution is 2.13. The van der Waals surface area contributed by atoms with Crippen molar-refractivity contribution in [2.75, 3.05) is 0 Å². The maximum Gasteiger partial charge on any atom is 0.338 e. The Bertz CT molecular complexity index is 555. The van der Waals surface area contributed by atoms with E-state index in [0.717, 1.165) is 5.56 Å². The molecule has 0 aliphatic heterocycles. The molecule has 0 aliphatic rings. The number of aromatic carboxylic acids is 2. The molecule has 0 amide bonds. The first kappa shape index (κ1) is 11.9. The van der Waals surface area contributed by atoms with Crippen molar-refractivity contribution in [3.63, 3.8) is 0 Å². The molecule has 1 aromatic heterocycles. The standard InChI is InChI=1S/C13H11NO4/c15-12(16)10-7-14(8-11(10)13(17)18)6-9-4-2-1-3-5-9/h1-5,7-8H,6H2,(H,15,16)(H,17,18). The van der Waals surface area contributed by atoms with Crippen LogP contribution in [0.5, 0.6) is 0 Å². The molecule has 0 fully saturated rings. The Hall–Kier alpha value is -2.56. The summed E-state index contributed by atoms with van der Waals surface area (Å²) in [6, 6.07) is 9.40. The maximum absolute atomic E-state index is 10.9.